The fraction of sp³-hybridized carbons (Fsp3) is 0.278. The SMILES string of the molecule is CC(C)c1ccc(CNCc2cccc(C(N)=O)c2)cc1. The summed E-state index contributed by atoms with van der Waals surface area (Å²) in [6.07, 6.45) is 0. The van der Waals surface area contributed by atoms with Gasteiger partial charge < -0.3 is 11.1 Å². The Morgan fingerprint density at radius 3 is 2.33 bits per heavy atom. The normalized spacial score (nSPS) is 10.8. The van der Waals surface area contributed by atoms with Crippen LogP contribution in [0.1, 0.15) is 46.8 Å². The highest BCUT2D eigenvalue weighted by molar-refractivity contribution is 5.92. The van der Waals surface area contributed by atoms with Crippen LogP contribution in [0.2, 0.25) is 0 Å². The maximum atomic E-state index is 11.1. The van der Waals surface area contributed by atoms with Crippen LogP contribution in [0.25, 0.3) is 0 Å². The molecule has 2 aromatic rings. The number of nitrogens with two attached hydrogens (primary N) is 1. The standard InChI is InChI=1S/C18H22N2O/c1-13(2)16-8-6-14(7-9-16)11-20-12-15-4-3-5-17(10-15)18(19)21/h3-10,13,20H,11-12H2,1-2H3,(H2,19,21). The van der Waals surface area contributed by atoms with Gasteiger partial charge in [-0.1, -0.05) is 50.2 Å². The molecule has 2 aromatic carbocycles. The Balaban J connectivity index is 1.89. The highest BCUT2D eigenvalue weighted by atomic mass is 16.1. The minimum atomic E-state index is -0.388. The lowest BCUT2D eigenvalue weighted by Gasteiger charge is -2.08. The molecule has 0 fully saturated rings. The molecule has 110 valence electrons. The highest BCUT2D eigenvalue weighted by Gasteiger charge is 2.02. The van der Waals surface area contributed by atoms with Gasteiger partial charge in [0, 0.05) is 18.7 Å². The van der Waals surface area contributed by atoms with Crippen LogP contribution in [-0.4, -0.2) is 5.91 Å². The molecule has 2 rings (SSSR count). The minimum absolute atomic E-state index is 0.388. The molecule has 0 radical (unpaired) electrons. The summed E-state index contributed by atoms with van der Waals surface area (Å²) in [4.78, 5) is 11.1. The fourth-order valence-corrected chi connectivity index (χ4v) is 2.21. The predicted molar refractivity (Wildman–Crippen MR) is 86.0 cm³/mol. The number of hydrogen-bond donors (Lipinski definition) is 2. The Labute approximate surface area is 126 Å². The van der Waals surface area contributed by atoms with Crippen molar-refractivity contribution < 1.29 is 4.79 Å². The maximum Gasteiger partial charge on any atom is 0.248 e. The van der Waals surface area contributed by atoms with Crippen molar-refractivity contribution in [2.75, 3.05) is 0 Å². The van der Waals surface area contributed by atoms with Crippen LogP contribution in [-0.2, 0) is 13.1 Å². The van der Waals surface area contributed by atoms with E-state index in [1.54, 1.807) is 6.07 Å². The van der Waals surface area contributed by atoms with Crippen molar-refractivity contribution in [1.29, 1.82) is 0 Å². The summed E-state index contributed by atoms with van der Waals surface area (Å²) in [6.45, 7) is 5.91. The molecule has 0 heterocycles. The van der Waals surface area contributed by atoms with E-state index in [2.05, 4.69) is 43.4 Å². The average Bonchev–Trinajstić information content (AvgIpc) is 2.48. The smallest absolute Gasteiger partial charge is 0.248 e. The Morgan fingerprint density at radius 1 is 1.05 bits per heavy atom. The molecule has 0 saturated carbocycles. The van der Waals surface area contributed by atoms with E-state index in [4.69, 9.17) is 5.73 Å². The molecule has 1 amide bonds. The summed E-state index contributed by atoms with van der Waals surface area (Å²) in [5, 5.41) is 3.38. The molecule has 0 saturated heterocycles. The van der Waals surface area contributed by atoms with Crippen molar-refractivity contribution in [2.45, 2.75) is 32.9 Å². The molecule has 0 atom stereocenters. The van der Waals surface area contributed by atoms with Crippen LogP contribution in [0.15, 0.2) is 48.5 Å². The summed E-state index contributed by atoms with van der Waals surface area (Å²) >= 11 is 0. The average molecular weight is 282 g/mol. The number of hydrogen-bond acceptors (Lipinski definition) is 2. The lowest BCUT2D eigenvalue weighted by Crippen LogP contribution is -2.15. The van der Waals surface area contributed by atoms with Crippen LogP contribution >= 0.6 is 0 Å². The Bertz CT molecular complexity index is 603. The zero-order valence-electron chi connectivity index (χ0n) is 12.6. The number of nitrogens with one attached hydrogen (secondary N) is 1. The molecule has 0 aliphatic carbocycles. The van der Waals surface area contributed by atoms with Gasteiger partial charge in [-0.3, -0.25) is 4.79 Å². The van der Waals surface area contributed by atoms with Gasteiger partial charge in [0.25, 0.3) is 0 Å². The fourth-order valence-electron chi connectivity index (χ4n) is 2.21. The largest absolute Gasteiger partial charge is 0.366 e. The predicted octanol–water partition coefficient (Wildman–Crippen LogP) is 3.20. The Morgan fingerprint density at radius 2 is 1.71 bits per heavy atom. The highest BCUT2D eigenvalue weighted by Crippen LogP contribution is 2.14. The Kier molecular flexibility index (Phi) is 5.12. The van der Waals surface area contributed by atoms with Crippen LogP contribution in [0.4, 0.5) is 0 Å². The molecule has 0 aromatic heterocycles. The van der Waals surface area contributed by atoms with Crippen molar-refractivity contribution >= 4 is 5.91 Å². The number of rotatable bonds is 6. The van der Waals surface area contributed by atoms with Gasteiger partial charge in [-0.05, 0) is 34.7 Å². The van der Waals surface area contributed by atoms with Crippen molar-refractivity contribution in [3.8, 4) is 0 Å². The van der Waals surface area contributed by atoms with E-state index in [0.717, 1.165) is 12.1 Å². The summed E-state index contributed by atoms with van der Waals surface area (Å²) in [7, 11) is 0. The van der Waals surface area contributed by atoms with Crippen LogP contribution in [0.5, 0.6) is 0 Å². The quantitative estimate of drug-likeness (QED) is 0.855. The van der Waals surface area contributed by atoms with Gasteiger partial charge in [-0.15, -0.1) is 0 Å². The van der Waals surface area contributed by atoms with Gasteiger partial charge in [-0.25, -0.2) is 0 Å². The zero-order chi connectivity index (χ0) is 15.2. The summed E-state index contributed by atoms with van der Waals surface area (Å²) in [6, 6.07) is 16.1. The van der Waals surface area contributed by atoms with Gasteiger partial charge in [-0.2, -0.15) is 0 Å². The van der Waals surface area contributed by atoms with Gasteiger partial charge in [0.1, 0.15) is 0 Å². The molecule has 3 nitrogen and oxygen atoms in total. The number of carbonyl (C=O) groups is 1. The van der Waals surface area contributed by atoms with Crippen molar-refractivity contribution in [2.24, 2.45) is 5.73 Å². The monoisotopic (exact) mass is 282 g/mol. The molecule has 0 unspecified atom stereocenters. The first kappa shape index (κ1) is 15.3. The lowest BCUT2D eigenvalue weighted by molar-refractivity contribution is 0.1000. The van der Waals surface area contributed by atoms with Crippen molar-refractivity contribution in [3.63, 3.8) is 0 Å². The van der Waals surface area contributed by atoms with Crippen molar-refractivity contribution in [3.05, 3.63) is 70.8 Å². The molecular formula is C18H22N2O. The Hall–Kier alpha value is -2.13. The first-order valence-corrected chi connectivity index (χ1v) is 7.24. The third-order valence-corrected chi connectivity index (χ3v) is 3.52. The molecular weight excluding hydrogens is 260 g/mol. The third kappa shape index (κ3) is 4.43. The van der Waals surface area contributed by atoms with Gasteiger partial charge >= 0.3 is 0 Å². The van der Waals surface area contributed by atoms with E-state index in [9.17, 15) is 4.79 Å². The second kappa shape index (κ2) is 7.04. The number of carbonyl (C=O) groups excluding carboxylic acids is 1. The molecule has 0 spiro atoms. The van der Waals surface area contributed by atoms with Crippen LogP contribution in [0, 0.1) is 0 Å². The van der Waals surface area contributed by atoms with E-state index in [-0.39, 0.29) is 5.91 Å². The second-order valence-electron chi connectivity index (χ2n) is 5.56. The van der Waals surface area contributed by atoms with E-state index < -0.39 is 0 Å². The molecule has 21 heavy (non-hydrogen) atoms. The van der Waals surface area contributed by atoms with Crippen LogP contribution < -0.4 is 11.1 Å². The lowest BCUT2D eigenvalue weighted by atomic mass is 10.0. The second-order valence-corrected chi connectivity index (χ2v) is 5.56. The van der Waals surface area contributed by atoms with E-state index in [1.807, 2.05) is 18.2 Å². The number of primary amides is 1. The molecule has 3 N–H and O–H groups in total. The van der Waals surface area contributed by atoms with Gasteiger partial charge in [0.15, 0.2) is 0 Å². The first-order valence-electron chi connectivity index (χ1n) is 7.24. The zero-order valence-corrected chi connectivity index (χ0v) is 12.6. The number of amides is 1. The molecule has 0 aliphatic heterocycles. The minimum Gasteiger partial charge on any atom is -0.366 e. The van der Waals surface area contributed by atoms with E-state index in [0.29, 0.717) is 18.0 Å². The molecule has 0 bridgehead atoms. The molecule has 0 aliphatic rings. The number of benzene rings is 2. The van der Waals surface area contributed by atoms with Gasteiger partial charge in [0.05, 0.1) is 0 Å². The molecule has 3 heteroatoms. The first-order chi connectivity index (χ1) is 10.1. The van der Waals surface area contributed by atoms with Crippen molar-refractivity contribution in [1.82, 2.24) is 5.32 Å². The van der Waals surface area contributed by atoms with E-state index >= 15 is 0 Å². The maximum absolute atomic E-state index is 11.1. The topological polar surface area (TPSA) is 55.1 Å². The summed E-state index contributed by atoms with van der Waals surface area (Å²) in [5.41, 5.74) is 9.50. The van der Waals surface area contributed by atoms with Crippen LogP contribution in [0.3, 0.4) is 0 Å². The summed E-state index contributed by atoms with van der Waals surface area (Å²) in [5.74, 6) is 0.171. The third-order valence-electron chi connectivity index (χ3n) is 3.52. The van der Waals surface area contributed by atoms with Gasteiger partial charge in [0.2, 0.25) is 5.91 Å². The summed E-state index contributed by atoms with van der Waals surface area (Å²) < 4.78 is 0. The van der Waals surface area contributed by atoms with E-state index in [1.165, 1.54) is 11.1 Å².